The molecule has 18 heavy (non-hydrogen) atoms. The van der Waals surface area contributed by atoms with E-state index in [4.69, 9.17) is 15.7 Å². The fourth-order valence-electron chi connectivity index (χ4n) is 1.95. The van der Waals surface area contributed by atoms with E-state index in [-0.39, 0.29) is 17.3 Å². The minimum absolute atomic E-state index is 0.0121. The number of nitrogens with zero attached hydrogens (tertiary/aromatic N) is 1. The molecule has 0 aliphatic heterocycles. The van der Waals surface area contributed by atoms with Crippen LogP contribution in [0.2, 0.25) is 0 Å². The van der Waals surface area contributed by atoms with Gasteiger partial charge in [-0.3, -0.25) is 0 Å². The lowest BCUT2D eigenvalue weighted by Gasteiger charge is -2.17. The van der Waals surface area contributed by atoms with Gasteiger partial charge in [0.2, 0.25) is 0 Å². The first-order chi connectivity index (χ1) is 8.56. The largest absolute Gasteiger partial charge is 0.493 e. The molecule has 2 rings (SSSR count). The number of nitriles is 1. The maximum Gasteiger partial charge on any atom is 0.124 e. The highest BCUT2D eigenvalue weighted by Gasteiger charge is 2.43. The molecule has 1 aromatic rings. The van der Waals surface area contributed by atoms with Crippen LogP contribution in [0, 0.1) is 22.6 Å². The third-order valence-corrected chi connectivity index (χ3v) is 3.41. The molecule has 96 valence electrons. The van der Waals surface area contributed by atoms with Crippen LogP contribution in [0.3, 0.4) is 0 Å². The van der Waals surface area contributed by atoms with Crippen LogP contribution in [0.5, 0.6) is 5.75 Å². The van der Waals surface area contributed by atoms with E-state index in [0.717, 1.165) is 12.8 Å². The molecule has 1 atom stereocenters. The Bertz CT molecular complexity index is 475. The molecule has 1 aliphatic rings. The molecule has 4 heteroatoms. The molecule has 0 spiro atoms. The van der Waals surface area contributed by atoms with E-state index in [1.165, 1.54) is 12.1 Å². The summed E-state index contributed by atoms with van der Waals surface area (Å²) in [6.07, 6.45) is 2.56. The van der Waals surface area contributed by atoms with Crippen molar-refractivity contribution in [3.05, 3.63) is 29.6 Å². The first-order valence-electron chi connectivity index (χ1n) is 6.11. The molecule has 1 aromatic carbocycles. The molecular weight excluding hydrogens is 231 g/mol. The molecule has 1 fully saturated rings. The van der Waals surface area contributed by atoms with E-state index in [1.54, 1.807) is 13.0 Å². The van der Waals surface area contributed by atoms with Crippen molar-refractivity contribution in [3.63, 3.8) is 0 Å². The second kappa shape index (κ2) is 4.95. The monoisotopic (exact) mass is 248 g/mol. The van der Waals surface area contributed by atoms with Crippen LogP contribution in [-0.2, 0) is 0 Å². The van der Waals surface area contributed by atoms with Crippen LogP contribution >= 0.6 is 0 Å². The third-order valence-electron chi connectivity index (χ3n) is 3.41. The summed E-state index contributed by atoms with van der Waals surface area (Å²) in [6.45, 7) is 2.30. The molecule has 0 unspecified atom stereocenters. The van der Waals surface area contributed by atoms with Gasteiger partial charge in [0.05, 0.1) is 12.7 Å². The first kappa shape index (κ1) is 12.8. The van der Waals surface area contributed by atoms with Crippen LogP contribution in [0.15, 0.2) is 18.2 Å². The lowest BCUT2D eigenvalue weighted by Crippen LogP contribution is -2.15. The van der Waals surface area contributed by atoms with Crippen LogP contribution < -0.4 is 10.5 Å². The van der Waals surface area contributed by atoms with Gasteiger partial charge in [-0.15, -0.1) is 0 Å². The van der Waals surface area contributed by atoms with Crippen molar-refractivity contribution in [2.75, 3.05) is 6.61 Å². The minimum atomic E-state index is -0.312. The Balaban J connectivity index is 2.08. The first-order valence-corrected chi connectivity index (χ1v) is 6.11. The van der Waals surface area contributed by atoms with E-state index in [9.17, 15) is 4.39 Å². The number of hydrogen-bond acceptors (Lipinski definition) is 3. The van der Waals surface area contributed by atoms with Gasteiger partial charge in [0.25, 0.3) is 0 Å². The zero-order chi connectivity index (χ0) is 13.2. The summed E-state index contributed by atoms with van der Waals surface area (Å²) >= 11 is 0. The van der Waals surface area contributed by atoms with Gasteiger partial charge in [0.1, 0.15) is 11.6 Å². The highest BCUT2D eigenvalue weighted by Crippen LogP contribution is 2.48. The van der Waals surface area contributed by atoms with Gasteiger partial charge in [0.15, 0.2) is 0 Å². The van der Waals surface area contributed by atoms with E-state index < -0.39 is 0 Å². The van der Waals surface area contributed by atoms with E-state index in [2.05, 4.69) is 6.07 Å². The van der Waals surface area contributed by atoms with Crippen molar-refractivity contribution < 1.29 is 9.13 Å². The van der Waals surface area contributed by atoms with Crippen molar-refractivity contribution >= 4 is 0 Å². The maximum absolute atomic E-state index is 13.2. The summed E-state index contributed by atoms with van der Waals surface area (Å²) in [7, 11) is 0. The van der Waals surface area contributed by atoms with Gasteiger partial charge in [0, 0.05) is 23.4 Å². The summed E-state index contributed by atoms with van der Waals surface area (Å²) in [5, 5.41) is 8.74. The number of benzene rings is 1. The van der Waals surface area contributed by atoms with E-state index in [0.29, 0.717) is 24.3 Å². The van der Waals surface area contributed by atoms with Crippen molar-refractivity contribution in [2.24, 2.45) is 11.1 Å². The highest BCUT2D eigenvalue weighted by atomic mass is 19.1. The van der Waals surface area contributed by atoms with E-state index in [1.807, 2.05) is 0 Å². The van der Waals surface area contributed by atoms with Gasteiger partial charge < -0.3 is 10.5 Å². The van der Waals surface area contributed by atoms with Crippen molar-refractivity contribution in [1.29, 1.82) is 5.26 Å². The molecule has 3 nitrogen and oxygen atoms in total. The van der Waals surface area contributed by atoms with Gasteiger partial charge in [-0.1, -0.05) is 0 Å². The fraction of sp³-hybridized carbons (Fsp3) is 0.500. The zero-order valence-electron chi connectivity index (χ0n) is 10.4. The zero-order valence-corrected chi connectivity index (χ0v) is 10.4. The summed E-state index contributed by atoms with van der Waals surface area (Å²) in [6, 6.07) is 6.29. The normalized spacial score (nSPS) is 17.9. The number of ether oxygens (including phenoxy) is 1. The molecule has 2 N–H and O–H groups in total. The lowest BCUT2D eigenvalue weighted by atomic mass is 10.0. The molecular formula is C14H17FN2O. The summed E-state index contributed by atoms with van der Waals surface area (Å²) in [4.78, 5) is 0. The summed E-state index contributed by atoms with van der Waals surface area (Å²) in [5.41, 5.74) is 6.48. The van der Waals surface area contributed by atoms with Crippen LogP contribution in [0.1, 0.15) is 37.8 Å². The third kappa shape index (κ3) is 2.80. The minimum Gasteiger partial charge on any atom is -0.493 e. The highest BCUT2D eigenvalue weighted by molar-refractivity contribution is 5.36. The summed E-state index contributed by atoms with van der Waals surface area (Å²) < 4.78 is 18.9. The number of halogens is 1. The standard InChI is InChI=1S/C14H17FN2O/c1-10(17)12-8-11(15)2-3-13(12)18-9-14(4-5-14)6-7-16/h2-3,8,10H,4-6,9,17H2,1H3/t10-/m1/s1. The van der Waals surface area contributed by atoms with Gasteiger partial charge >= 0.3 is 0 Å². The smallest absolute Gasteiger partial charge is 0.124 e. The topological polar surface area (TPSA) is 59.0 Å². The Kier molecular flexibility index (Phi) is 3.53. The average molecular weight is 248 g/mol. The van der Waals surface area contributed by atoms with Crippen LogP contribution in [0.25, 0.3) is 0 Å². The van der Waals surface area contributed by atoms with Gasteiger partial charge in [-0.25, -0.2) is 4.39 Å². The maximum atomic E-state index is 13.2. The molecule has 0 aromatic heterocycles. The van der Waals surface area contributed by atoms with Crippen molar-refractivity contribution in [2.45, 2.75) is 32.2 Å². The number of rotatable bonds is 5. The Morgan fingerprint density at radius 2 is 2.28 bits per heavy atom. The number of nitrogens with two attached hydrogens (primary N) is 1. The Hall–Kier alpha value is -1.60. The van der Waals surface area contributed by atoms with Crippen LogP contribution in [-0.4, -0.2) is 6.61 Å². The van der Waals surface area contributed by atoms with E-state index >= 15 is 0 Å². The average Bonchev–Trinajstić information content (AvgIpc) is 3.08. The van der Waals surface area contributed by atoms with Crippen molar-refractivity contribution in [1.82, 2.24) is 0 Å². The predicted octanol–water partition coefficient (Wildman–Crippen LogP) is 2.92. The fourth-order valence-corrected chi connectivity index (χ4v) is 1.95. The molecule has 0 radical (unpaired) electrons. The summed E-state index contributed by atoms with van der Waals surface area (Å²) in [5.74, 6) is 0.309. The molecule has 1 aliphatic carbocycles. The molecule has 0 saturated heterocycles. The Morgan fingerprint density at radius 3 is 2.83 bits per heavy atom. The SMILES string of the molecule is C[C@@H](N)c1cc(F)ccc1OCC1(CC#N)CC1. The van der Waals surface area contributed by atoms with Crippen LogP contribution in [0.4, 0.5) is 4.39 Å². The van der Waals surface area contributed by atoms with Gasteiger partial charge in [-0.2, -0.15) is 5.26 Å². The second-order valence-corrected chi connectivity index (χ2v) is 5.09. The quantitative estimate of drug-likeness (QED) is 0.871. The van der Waals surface area contributed by atoms with Gasteiger partial charge in [-0.05, 0) is 38.0 Å². The van der Waals surface area contributed by atoms with Crippen molar-refractivity contribution in [3.8, 4) is 11.8 Å². The number of hydrogen-bond donors (Lipinski definition) is 1. The molecule has 1 saturated carbocycles. The molecule has 0 bridgehead atoms. The Labute approximate surface area is 106 Å². The molecule has 0 heterocycles. The predicted molar refractivity (Wildman–Crippen MR) is 66.4 cm³/mol. The molecule has 0 amide bonds. The second-order valence-electron chi connectivity index (χ2n) is 5.09. The lowest BCUT2D eigenvalue weighted by molar-refractivity contribution is 0.234. The Morgan fingerprint density at radius 1 is 1.56 bits per heavy atom.